The standard InChI is InChI=1S/C20H26N4O3S/c1-14-12-16(13-18(15(14)2)28(26,27)23(3)4)20(25)22-17-8-7-9-21-19(17)24-10-5-6-11-24/h7-9,12-13H,5-6,10-11H2,1-4H3,(H,22,25). The third-order valence-corrected chi connectivity index (χ3v) is 7.02. The molecule has 150 valence electrons. The van der Waals surface area contributed by atoms with E-state index < -0.39 is 10.0 Å². The zero-order chi connectivity index (χ0) is 20.5. The SMILES string of the molecule is Cc1cc(C(=O)Nc2cccnc2N2CCCC2)cc(S(=O)(=O)N(C)C)c1C. The Kier molecular flexibility index (Phi) is 5.71. The lowest BCUT2D eigenvalue weighted by Gasteiger charge is -2.20. The van der Waals surface area contributed by atoms with Crippen LogP contribution in [-0.4, -0.2) is 50.8 Å². The van der Waals surface area contributed by atoms with Gasteiger partial charge in [-0.05, 0) is 62.1 Å². The van der Waals surface area contributed by atoms with E-state index in [9.17, 15) is 13.2 Å². The van der Waals surface area contributed by atoms with Gasteiger partial charge in [0.05, 0.1) is 10.6 Å². The molecule has 0 saturated carbocycles. The average molecular weight is 403 g/mol. The number of carbonyl (C=O) groups is 1. The summed E-state index contributed by atoms with van der Waals surface area (Å²) in [6.07, 6.45) is 3.92. The third-order valence-electron chi connectivity index (χ3n) is 5.08. The molecule has 2 heterocycles. The molecule has 1 N–H and O–H groups in total. The number of nitrogens with zero attached hydrogens (tertiary/aromatic N) is 3. The van der Waals surface area contributed by atoms with Gasteiger partial charge in [0.1, 0.15) is 0 Å². The lowest BCUT2D eigenvalue weighted by molar-refractivity contribution is 0.102. The summed E-state index contributed by atoms with van der Waals surface area (Å²) < 4.78 is 26.4. The average Bonchev–Trinajstić information content (AvgIpc) is 3.18. The first-order chi connectivity index (χ1) is 13.2. The quantitative estimate of drug-likeness (QED) is 0.832. The predicted molar refractivity (Wildman–Crippen MR) is 110 cm³/mol. The number of anilines is 2. The molecule has 0 unspecified atom stereocenters. The van der Waals surface area contributed by atoms with Crippen molar-refractivity contribution in [2.75, 3.05) is 37.4 Å². The van der Waals surface area contributed by atoms with Crippen LogP contribution in [0.5, 0.6) is 0 Å². The summed E-state index contributed by atoms with van der Waals surface area (Å²) in [7, 11) is -0.685. The molecule has 1 saturated heterocycles. The number of rotatable bonds is 5. The molecule has 1 aliphatic rings. The molecular weight excluding hydrogens is 376 g/mol. The first-order valence-corrected chi connectivity index (χ1v) is 10.7. The second-order valence-electron chi connectivity index (χ2n) is 7.23. The van der Waals surface area contributed by atoms with Crippen LogP contribution in [0.3, 0.4) is 0 Å². The van der Waals surface area contributed by atoms with Crippen LogP contribution in [0, 0.1) is 13.8 Å². The summed E-state index contributed by atoms with van der Waals surface area (Å²) in [5, 5.41) is 2.91. The zero-order valence-corrected chi connectivity index (χ0v) is 17.5. The molecule has 1 amide bonds. The second kappa shape index (κ2) is 7.89. The van der Waals surface area contributed by atoms with Gasteiger partial charge in [-0.15, -0.1) is 0 Å². The molecular formula is C20H26N4O3S. The third kappa shape index (κ3) is 3.88. The smallest absolute Gasteiger partial charge is 0.255 e. The molecule has 1 aliphatic heterocycles. The van der Waals surface area contributed by atoms with E-state index in [1.165, 1.54) is 20.2 Å². The number of amides is 1. The van der Waals surface area contributed by atoms with Crippen molar-refractivity contribution in [1.82, 2.24) is 9.29 Å². The highest BCUT2D eigenvalue weighted by atomic mass is 32.2. The number of hydrogen-bond donors (Lipinski definition) is 1. The topological polar surface area (TPSA) is 82.6 Å². The van der Waals surface area contributed by atoms with Crippen LogP contribution in [0.4, 0.5) is 11.5 Å². The maximum atomic E-state index is 12.9. The predicted octanol–water partition coefficient (Wildman–Crippen LogP) is 2.80. The van der Waals surface area contributed by atoms with E-state index in [1.54, 1.807) is 32.2 Å². The minimum atomic E-state index is -3.65. The van der Waals surface area contributed by atoms with Gasteiger partial charge in [-0.2, -0.15) is 0 Å². The molecule has 0 atom stereocenters. The van der Waals surface area contributed by atoms with Crippen LogP contribution in [0.25, 0.3) is 0 Å². The normalized spacial score (nSPS) is 14.5. The van der Waals surface area contributed by atoms with Crippen LogP contribution in [-0.2, 0) is 10.0 Å². The van der Waals surface area contributed by atoms with Gasteiger partial charge in [0.25, 0.3) is 5.91 Å². The Labute approximate surface area is 166 Å². The molecule has 1 aromatic carbocycles. The highest BCUT2D eigenvalue weighted by Gasteiger charge is 2.24. The van der Waals surface area contributed by atoms with Gasteiger partial charge in [0.2, 0.25) is 10.0 Å². The van der Waals surface area contributed by atoms with Crippen molar-refractivity contribution < 1.29 is 13.2 Å². The molecule has 0 aliphatic carbocycles. The molecule has 0 bridgehead atoms. The molecule has 28 heavy (non-hydrogen) atoms. The molecule has 0 radical (unpaired) electrons. The van der Waals surface area contributed by atoms with Gasteiger partial charge in [-0.1, -0.05) is 0 Å². The molecule has 2 aromatic rings. The van der Waals surface area contributed by atoms with E-state index in [0.717, 1.165) is 41.6 Å². The maximum Gasteiger partial charge on any atom is 0.255 e. The van der Waals surface area contributed by atoms with Crippen LogP contribution in [0.15, 0.2) is 35.4 Å². The van der Waals surface area contributed by atoms with E-state index >= 15 is 0 Å². The Morgan fingerprint density at radius 2 is 1.86 bits per heavy atom. The Morgan fingerprint density at radius 1 is 1.18 bits per heavy atom. The Balaban J connectivity index is 1.95. The maximum absolute atomic E-state index is 12.9. The molecule has 1 fully saturated rings. The summed E-state index contributed by atoms with van der Waals surface area (Å²) >= 11 is 0. The first-order valence-electron chi connectivity index (χ1n) is 9.27. The summed E-state index contributed by atoms with van der Waals surface area (Å²) in [4.78, 5) is 19.7. The minimum absolute atomic E-state index is 0.147. The van der Waals surface area contributed by atoms with Crippen LogP contribution < -0.4 is 10.2 Å². The number of carbonyl (C=O) groups excluding carboxylic acids is 1. The number of benzene rings is 1. The molecule has 3 rings (SSSR count). The van der Waals surface area contributed by atoms with Gasteiger partial charge in [-0.25, -0.2) is 17.7 Å². The van der Waals surface area contributed by atoms with Gasteiger partial charge in [-0.3, -0.25) is 4.79 Å². The van der Waals surface area contributed by atoms with Crippen LogP contribution in [0.1, 0.15) is 34.3 Å². The number of hydrogen-bond acceptors (Lipinski definition) is 5. The fourth-order valence-electron chi connectivity index (χ4n) is 3.29. The highest BCUT2D eigenvalue weighted by molar-refractivity contribution is 7.89. The van der Waals surface area contributed by atoms with E-state index in [-0.39, 0.29) is 10.8 Å². The van der Waals surface area contributed by atoms with Crippen molar-refractivity contribution in [3.05, 3.63) is 47.2 Å². The van der Waals surface area contributed by atoms with Crippen molar-refractivity contribution >= 4 is 27.4 Å². The van der Waals surface area contributed by atoms with Gasteiger partial charge in [0, 0.05) is 38.9 Å². The van der Waals surface area contributed by atoms with Gasteiger partial charge < -0.3 is 10.2 Å². The molecule has 0 spiro atoms. The summed E-state index contributed by atoms with van der Waals surface area (Å²) in [6, 6.07) is 6.75. The molecule has 1 aromatic heterocycles. The summed E-state index contributed by atoms with van der Waals surface area (Å²) in [6.45, 7) is 5.38. The van der Waals surface area contributed by atoms with E-state index in [2.05, 4.69) is 15.2 Å². The minimum Gasteiger partial charge on any atom is -0.355 e. The highest BCUT2D eigenvalue weighted by Crippen LogP contribution is 2.28. The van der Waals surface area contributed by atoms with E-state index in [1.807, 2.05) is 6.07 Å². The van der Waals surface area contributed by atoms with Crippen molar-refractivity contribution in [2.24, 2.45) is 0 Å². The largest absolute Gasteiger partial charge is 0.355 e. The number of aromatic nitrogens is 1. The van der Waals surface area contributed by atoms with Crippen molar-refractivity contribution in [3.63, 3.8) is 0 Å². The molecule has 7 nitrogen and oxygen atoms in total. The lowest BCUT2D eigenvalue weighted by atomic mass is 10.1. The fraction of sp³-hybridized carbons (Fsp3) is 0.400. The molecule has 8 heteroatoms. The zero-order valence-electron chi connectivity index (χ0n) is 16.7. The van der Waals surface area contributed by atoms with Crippen molar-refractivity contribution in [1.29, 1.82) is 0 Å². The first kappa shape index (κ1) is 20.3. The van der Waals surface area contributed by atoms with E-state index in [0.29, 0.717) is 16.8 Å². The Bertz CT molecular complexity index is 997. The van der Waals surface area contributed by atoms with Crippen LogP contribution in [0.2, 0.25) is 0 Å². The van der Waals surface area contributed by atoms with Crippen molar-refractivity contribution in [2.45, 2.75) is 31.6 Å². The number of pyridine rings is 1. The van der Waals surface area contributed by atoms with Crippen LogP contribution >= 0.6 is 0 Å². The number of nitrogens with one attached hydrogen (secondary N) is 1. The fourth-order valence-corrected chi connectivity index (χ4v) is 4.51. The van der Waals surface area contributed by atoms with Gasteiger partial charge >= 0.3 is 0 Å². The van der Waals surface area contributed by atoms with Crippen molar-refractivity contribution in [3.8, 4) is 0 Å². The Hall–Kier alpha value is -2.45. The van der Waals surface area contributed by atoms with E-state index in [4.69, 9.17) is 0 Å². The Morgan fingerprint density at radius 3 is 2.50 bits per heavy atom. The second-order valence-corrected chi connectivity index (χ2v) is 9.35. The summed E-state index contributed by atoms with van der Waals surface area (Å²) in [5.41, 5.74) is 2.33. The number of sulfonamides is 1. The lowest BCUT2D eigenvalue weighted by Crippen LogP contribution is -2.25. The monoisotopic (exact) mass is 402 g/mol. The number of aryl methyl sites for hydroxylation is 1. The summed E-state index contributed by atoms with van der Waals surface area (Å²) in [5.74, 6) is 0.394. The van der Waals surface area contributed by atoms with Gasteiger partial charge in [0.15, 0.2) is 5.82 Å².